The van der Waals surface area contributed by atoms with Gasteiger partial charge in [-0.2, -0.15) is 0 Å². The molecule has 18 heavy (non-hydrogen) atoms. The Morgan fingerprint density at radius 2 is 2.11 bits per heavy atom. The van der Waals surface area contributed by atoms with Crippen molar-refractivity contribution in [3.63, 3.8) is 0 Å². The molecule has 5 heteroatoms. The molecule has 2 rings (SSSR count). The first-order valence-corrected chi connectivity index (χ1v) is 7.49. The second-order valence-corrected chi connectivity index (χ2v) is 5.96. The average Bonchev–Trinajstić information content (AvgIpc) is 2.70. The lowest BCUT2D eigenvalue weighted by Gasteiger charge is -2.25. The topological polar surface area (TPSA) is 45.2 Å². The Hall–Kier alpha value is -0.940. The third-order valence-corrected chi connectivity index (χ3v) is 4.22. The highest BCUT2D eigenvalue weighted by atomic mass is 32.1. The van der Waals surface area contributed by atoms with Gasteiger partial charge in [-0.25, -0.2) is 4.98 Å². The SMILES string of the molecule is CCc1nc(NC(=O)CN2CCCCC2)sc1C. The Kier molecular flexibility index (Phi) is 4.72. The molecule has 0 spiro atoms. The maximum atomic E-state index is 11.9. The number of carbonyl (C=O) groups excluding carboxylic acids is 1. The summed E-state index contributed by atoms with van der Waals surface area (Å²) in [7, 11) is 0. The standard InChI is InChI=1S/C13H21N3OS/c1-3-11-10(2)18-13(14-11)15-12(17)9-16-7-5-4-6-8-16/h3-9H2,1-2H3,(H,14,15,17). The van der Waals surface area contributed by atoms with Crippen LogP contribution in [0.1, 0.15) is 36.8 Å². The predicted octanol–water partition coefficient (Wildman–Crippen LogP) is 2.44. The monoisotopic (exact) mass is 267 g/mol. The average molecular weight is 267 g/mol. The third-order valence-electron chi connectivity index (χ3n) is 3.29. The van der Waals surface area contributed by atoms with E-state index >= 15 is 0 Å². The zero-order valence-electron chi connectivity index (χ0n) is 11.2. The normalized spacial score (nSPS) is 16.8. The molecule has 1 saturated heterocycles. The van der Waals surface area contributed by atoms with Crippen molar-refractivity contribution in [1.82, 2.24) is 9.88 Å². The molecule has 0 saturated carbocycles. The van der Waals surface area contributed by atoms with Crippen LogP contribution in [0, 0.1) is 6.92 Å². The Morgan fingerprint density at radius 1 is 1.39 bits per heavy atom. The van der Waals surface area contributed by atoms with Crippen LogP contribution in [0.3, 0.4) is 0 Å². The maximum absolute atomic E-state index is 11.9. The van der Waals surface area contributed by atoms with Gasteiger partial charge in [0.05, 0.1) is 12.2 Å². The number of aromatic nitrogens is 1. The van der Waals surface area contributed by atoms with Crippen LogP contribution >= 0.6 is 11.3 Å². The van der Waals surface area contributed by atoms with E-state index in [1.54, 1.807) is 11.3 Å². The van der Waals surface area contributed by atoms with Crippen LogP contribution in [0.2, 0.25) is 0 Å². The lowest BCUT2D eigenvalue weighted by atomic mass is 10.1. The minimum Gasteiger partial charge on any atom is -0.301 e. The minimum atomic E-state index is 0.0632. The quantitative estimate of drug-likeness (QED) is 0.911. The Balaban J connectivity index is 1.86. The summed E-state index contributed by atoms with van der Waals surface area (Å²) in [5.41, 5.74) is 1.09. The third kappa shape index (κ3) is 3.53. The van der Waals surface area contributed by atoms with Gasteiger partial charge in [0.25, 0.3) is 0 Å². The van der Waals surface area contributed by atoms with Crippen molar-refractivity contribution < 1.29 is 4.79 Å². The number of piperidine rings is 1. The van der Waals surface area contributed by atoms with Gasteiger partial charge in [0.1, 0.15) is 0 Å². The van der Waals surface area contributed by atoms with Crippen molar-refractivity contribution in [2.75, 3.05) is 25.0 Å². The Morgan fingerprint density at radius 3 is 2.72 bits per heavy atom. The summed E-state index contributed by atoms with van der Waals surface area (Å²) in [5, 5.41) is 3.65. The molecule has 0 bridgehead atoms. The van der Waals surface area contributed by atoms with Gasteiger partial charge in [0.15, 0.2) is 5.13 Å². The van der Waals surface area contributed by atoms with Gasteiger partial charge in [-0.1, -0.05) is 13.3 Å². The number of nitrogens with zero attached hydrogens (tertiary/aromatic N) is 2. The van der Waals surface area contributed by atoms with Crippen molar-refractivity contribution >= 4 is 22.4 Å². The summed E-state index contributed by atoms with van der Waals surface area (Å²) in [6.07, 6.45) is 4.64. The molecule has 0 atom stereocenters. The molecule has 0 unspecified atom stereocenters. The van der Waals surface area contributed by atoms with Crippen molar-refractivity contribution in [3.8, 4) is 0 Å². The number of nitrogens with one attached hydrogen (secondary N) is 1. The molecule has 0 radical (unpaired) electrons. The fourth-order valence-electron chi connectivity index (χ4n) is 2.29. The first-order chi connectivity index (χ1) is 8.69. The molecule has 1 N–H and O–H groups in total. The fourth-order valence-corrected chi connectivity index (χ4v) is 3.21. The van der Waals surface area contributed by atoms with Crippen LogP contribution in [0.25, 0.3) is 0 Å². The van der Waals surface area contributed by atoms with Crippen LogP contribution in [0.5, 0.6) is 0 Å². The molecule has 100 valence electrons. The Labute approximate surface area is 112 Å². The highest BCUT2D eigenvalue weighted by molar-refractivity contribution is 7.15. The van der Waals surface area contributed by atoms with E-state index in [2.05, 4.69) is 29.0 Å². The fraction of sp³-hybridized carbons (Fsp3) is 0.692. The van der Waals surface area contributed by atoms with Gasteiger partial charge in [0, 0.05) is 4.88 Å². The lowest BCUT2D eigenvalue weighted by molar-refractivity contribution is -0.117. The first-order valence-electron chi connectivity index (χ1n) is 6.67. The smallest absolute Gasteiger partial charge is 0.240 e. The lowest BCUT2D eigenvalue weighted by Crippen LogP contribution is -2.36. The van der Waals surface area contributed by atoms with E-state index in [-0.39, 0.29) is 5.91 Å². The molecular formula is C13H21N3OS. The van der Waals surface area contributed by atoms with Gasteiger partial charge in [0.2, 0.25) is 5.91 Å². The van der Waals surface area contributed by atoms with Crippen LogP contribution in [-0.2, 0) is 11.2 Å². The molecule has 1 aromatic heterocycles. The molecule has 1 amide bonds. The molecule has 1 aromatic rings. The first kappa shape index (κ1) is 13.5. The second kappa shape index (κ2) is 6.29. The summed E-state index contributed by atoms with van der Waals surface area (Å²) in [6.45, 7) is 6.73. The van der Waals surface area contributed by atoms with Gasteiger partial charge >= 0.3 is 0 Å². The van der Waals surface area contributed by atoms with Gasteiger partial charge in [-0.05, 0) is 39.3 Å². The molecule has 0 aromatic carbocycles. The number of hydrogen-bond donors (Lipinski definition) is 1. The second-order valence-electron chi connectivity index (χ2n) is 4.76. The molecular weight excluding hydrogens is 246 g/mol. The van der Waals surface area contributed by atoms with Crippen LogP contribution in [0.4, 0.5) is 5.13 Å². The van der Waals surface area contributed by atoms with E-state index in [0.717, 1.165) is 30.3 Å². The summed E-state index contributed by atoms with van der Waals surface area (Å²) in [5.74, 6) is 0.0632. The van der Waals surface area contributed by atoms with E-state index in [1.165, 1.54) is 24.1 Å². The Bertz CT molecular complexity index is 410. The van der Waals surface area contributed by atoms with Crippen molar-refractivity contribution in [2.24, 2.45) is 0 Å². The maximum Gasteiger partial charge on any atom is 0.240 e. The molecule has 0 aliphatic carbocycles. The molecule has 1 fully saturated rings. The van der Waals surface area contributed by atoms with E-state index in [1.807, 2.05) is 0 Å². The molecule has 1 aliphatic rings. The number of anilines is 1. The zero-order chi connectivity index (χ0) is 13.0. The molecule has 4 nitrogen and oxygen atoms in total. The van der Waals surface area contributed by atoms with E-state index in [0.29, 0.717) is 6.54 Å². The number of hydrogen-bond acceptors (Lipinski definition) is 4. The number of carbonyl (C=O) groups is 1. The van der Waals surface area contributed by atoms with E-state index < -0.39 is 0 Å². The number of rotatable bonds is 4. The predicted molar refractivity (Wildman–Crippen MR) is 75.1 cm³/mol. The van der Waals surface area contributed by atoms with Crippen LogP contribution in [0.15, 0.2) is 0 Å². The number of aryl methyl sites for hydroxylation is 2. The van der Waals surface area contributed by atoms with Gasteiger partial charge < -0.3 is 5.32 Å². The van der Waals surface area contributed by atoms with E-state index in [4.69, 9.17) is 0 Å². The van der Waals surface area contributed by atoms with E-state index in [9.17, 15) is 4.79 Å². The van der Waals surface area contributed by atoms with Crippen molar-refractivity contribution in [1.29, 1.82) is 0 Å². The number of amides is 1. The zero-order valence-corrected chi connectivity index (χ0v) is 12.0. The van der Waals surface area contributed by atoms with Gasteiger partial charge in [-0.15, -0.1) is 11.3 Å². The van der Waals surface area contributed by atoms with Crippen LogP contribution in [-0.4, -0.2) is 35.4 Å². The summed E-state index contributed by atoms with van der Waals surface area (Å²) in [6, 6.07) is 0. The minimum absolute atomic E-state index is 0.0632. The number of likely N-dealkylation sites (tertiary alicyclic amines) is 1. The molecule has 2 heterocycles. The van der Waals surface area contributed by atoms with Crippen molar-refractivity contribution in [2.45, 2.75) is 39.5 Å². The van der Waals surface area contributed by atoms with Gasteiger partial charge in [-0.3, -0.25) is 9.69 Å². The molecule has 1 aliphatic heterocycles. The summed E-state index contributed by atoms with van der Waals surface area (Å²) >= 11 is 1.57. The summed E-state index contributed by atoms with van der Waals surface area (Å²) in [4.78, 5) is 19.8. The number of thiazole rings is 1. The van der Waals surface area contributed by atoms with Crippen molar-refractivity contribution in [3.05, 3.63) is 10.6 Å². The highest BCUT2D eigenvalue weighted by Crippen LogP contribution is 2.22. The highest BCUT2D eigenvalue weighted by Gasteiger charge is 2.15. The summed E-state index contributed by atoms with van der Waals surface area (Å²) < 4.78 is 0. The van der Waals surface area contributed by atoms with Crippen LogP contribution < -0.4 is 5.32 Å². The largest absolute Gasteiger partial charge is 0.301 e.